The topological polar surface area (TPSA) is 26.3 Å². The van der Waals surface area contributed by atoms with Crippen molar-refractivity contribution in [1.29, 1.82) is 0 Å². The Bertz CT molecular complexity index is 244. The molecule has 0 rings (SSSR count). The van der Waals surface area contributed by atoms with Gasteiger partial charge >= 0.3 is 29.9 Å². The predicted molar refractivity (Wildman–Crippen MR) is 102 cm³/mol. The van der Waals surface area contributed by atoms with E-state index in [2.05, 4.69) is 20.8 Å². The first-order chi connectivity index (χ1) is 10.8. The van der Waals surface area contributed by atoms with Crippen molar-refractivity contribution < 1.29 is 9.53 Å². The summed E-state index contributed by atoms with van der Waals surface area (Å²) in [5.41, 5.74) is 0. The second-order valence-corrected chi connectivity index (χ2v) is 6.62. The van der Waals surface area contributed by atoms with Crippen molar-refractivity contribution in [2.24, 2.45) is 5.92 Å². The minimum Gasteiger partial charge on any atom is -0.465 e. The molecule has 1 atom stereocenters. The number of unbranched alkanes of at least 4 members (excludes halogenated alkanes) is 9. The maximum Gasteiger partial charge on any atom is 4.00 e. The van der Waals surface area contributed by atoms with Crippen LogP contribution in [0.2, 0.25) is 0 Å². The summed E-state index contributed by atoms with van der Waals surface area (Å²) in [5, 5.41) is 0. The van der Waals surface area contributed by atoms with Gasteiger partial charge in [0, 0.05) is 0 Å². The molecule has 3 heteroatoms. The molecule has 0 aliphatic carbocycles. The molecule has 0 heterocycles. The zero-order valence-electron chi connectivity index (χ0n) is 16.0. The molecule has 0 aliphatic rings. The summed E-state index contributed by atoms with van der Waals surface area (Å²) in [6, 6.07) is 0. The average Bonchev–Trinajstić information content (AvgIpc) is 2.52. The van der Waals surface area contributed by atoms with Gasteiger partial charge in [-0.2, -0.15) is 0 Å². The molecule has 1 unspecified atom stereocenters. The van der Waals surface area contributed by atoms with E-state index in [1.54, 1.807) is 0 Å². The van der Waals surface area contributed by atoms with Crippen molar-refractivity contribution >= 4 is 29.9 Å². The van der Waals surface area contributed by atoms with Gasteiger partial charge in [0.25, 0.3) is 0 Å². The quantitative estimate of drug-likeness (QED) is 0.163. The van der Waals surface area contributed by atoms with Crippen LogP contribution in [-0.2, 0) is 9.53 Å². The molecule has 0 amide bonds. The monoisotopic (exact) mass is 432 g/mol. The van der Waals surface area contributed by atoms with Gasteiger partial charge in [0.2, 0.25) is 0 Å². The largest absolute Gasteiger partial charge is 4.00 e. The van der Waals surface area contributed by atoms with Crippen LogP contribution in [0.4, 0.5) is 0 Å². The van der Waals surface area contributed by atoms with Crippen LogP contribution < -0.4 is 0 Å². The Hall–Kier alpha value is 0.269. The summed E-state index contributed by atoms with van der Waals surface area (Å²) in [7, 11) is 0. The standard InChI is InChI=1S/C20H40O2.Sn/c1-4-7-10-11-12-13-14-15-17-19(16-8-5-2)20(21)22-18-9-6-3;/h19H,4-18H2,1-3H3;/q;+4. The first-order valence-corrected chi connectivity index (χ1v) is 9.92. The van der Waals surface area contributed by atoms with Crippen LogP contribution in [0, 0.1) is 5.92 Å². The summed E-state index contributed by atoms with van der Waals surface area (Å²) >= 11 is 0. The smallest absolute Gasteiger partial charge is 0.465 e. The minimum absolute atomic E-state index is 0. The normalized spacial score (nSPS) is 11.8. The van der Waals surface area contributed by atoms with Crippen LogP contribution in [0.15, 0.2) is 0 Å². The summed E-state index contributed by atoms with van der Waals surface area (Å²) in [6.07, 6.45) is 17.0. The van der Waals surface area contributed by atoms with Gasteiger partial charge in [-0.3, -0.25) is 4.79 Å². The van der Waals surface area contributed by atoms with Crippen molar-refractivity contribution in [3.63, 3.8) is 0 Å². The fourth-order valence-corrected chi connectivity index (χ4v) is 2.79. The predicted octanol–water partition coefficient (Wildman–Crippen LogP) is 6.29. The van der Waals surface area contributed by atoms with Crippen molar-refractivity contribution in [1.82, 2.24) is 0 Å². The third-order valence-electron chi connectivity index (χ3n) is 4.39. The molecule has 0 aliphatic heterocycles. The number of hydrogen-bond donors (Lipinski definition) is 0. The van der Waals surface area contributed by atoms with Crippen LogP contribution >= 0.6 is 0 Å². The van der Waals surface area contributed by atoms with E-state index in [0.717, 1.165) is 38.5 Å². The third kappa shape index (κ3) is 16.9. The zero-order valence-corrected chi connectivity index (χ0v) is 18.9. The molecule has 0 aromatic rings. The van der Waals surface area contributed by atoms with Crippen molar-refractivity contribution in [3.05, 3.63) is 0 Å². The molecule has 0 aromatic carbocycles. The number of hydrogen-bond acceptors (Lipinski definition) is 2. The molecule has 132 valence electrons. The van der Waals surface area contributed by atoms with E-state index in [4.69, 9.17) is 4.74 Å². The van der Waals surface area contributed by atoms with E-state index in [1.165, 1.54) is 51.4 Å². The Kier molecular flexibility index (Phi) is 22.5. The van der Waals surface area contributed by atoms with Crippen LogP contribution in [0.25, 0.3) is 0 Å². The van der Waals surface area contributed by atoms with Gasteiger partial charge in [0.1, 0.15) is 0 Å². The summed E-state index contributed by atoms with van der Waals surface area (Å²) < 4.78 is 5.43. The van der Waals surface area contributed by atoms with Gasteiger partial charge in [0.15, 0.2) is 0 Å². The van der Waals surface area contributed by atoms with E-state index >= 15 is 0 Å². The fourth-order valence-electron chi connectivity index (χ4n) is 2.79. The van der Waals surface area contributed by atoms with Crippen molar-refractivity contribution in [2.45, 2.75) is 111 Å². The van der Waals surface area contributed by atoms with E-state index < -0.39 is 0 Å². The van der Waals surface area contributed by atoms with Gasteiger partial charge in [-0.05, 0) is 19.3 Å². The van der Waals surface area contributed by atoms with E-state index in [-0.39, 0.29) is 35.8 Å². The number of ether oxygens (including phenoxy) is 1. The van der Waals surface area contributed by atoms with Crippen molar-refractivity contribution in [2.75, 3.05) is 6.61 Å². The molecule has 0 saturated carbocycles. The maximum atomic E-state index is 12.1. The number of esters is 1. The molecule has 0 bridgehead atoms. The van der Waals surface area contributed by atoms with Crippen LogP contribution in [0.5, 0.6) is 0 Å². The fraction of sp³-hybridized carbons (Fsp3) is 0.950. The summed E-state index contributed by atoms with van der Waals surface area (Å²) in [5.74, 6) is 0.210. The molecule has 2 nitrogen and oxygen atoms in total. The van der Waals surface area contributed by atoms with E-state index in [0.29, 0.717) is 6.61 Å². The van der Waals surface area contributed by atoms with Crippen LogP contribution in [-0.4, -0.2) is 36.5 Å². The third-order valence-corrected chi connectivity index (χ3v) is 4.39. The Morgan fingerprint density at radius 3 is 1.74 bits per heavy atom. The SMILES string of the molecule is CCCCCCCCCCC(CCCC)C(=O)OCCCC.[Sn+4]. The molecule has 0 fully saturated rings. The molecule has 0 aromatic heterocycles. The molecule has 23 heavy (non-hydrogen) atoms. The molecule has 0 saturated heterocycles. The van der Waals surface area contributed by atoms with Gasteiger partial charge in [0.05, 0.1) is 12.5 Å². The Labute approximate surface area is 162 Å². The van der Waals surface area contributed by atoms with Gasteiger partial charge < -0.3 is 4.74 Å². The Morgan fingerprint density at radius 1 is 0.696 bits per heavy atom. The van der Waals surface area contributed by atoms with E-state index in [1.807, 2.05) is 0 Å². The second-order valence-electron chi connectivity index (χ2n) is 6.62. The van der Waals surface area contributed by atoms with Gasteiger partial charge in [-0.1, -0.05) is 91.4 Å². The Balaban J connectivity index is 0. The Morgan fingerprint density at radius 2 is 1.17 bits per heavy atom. The van der Waals surface area contributed by atoms with Gasteiger partial charge in [-0.15, -0.1) is 0 Å². The number of carbonyl (C=O) groups is 1. The van der Waals surface area contributed by atoms with Crippen LogP contribution in [0.1, 0.15) is 111 Å². The van der Waals surface area contributed by atoms with Gasteiger partial charge in [-0.25, -0.2) is 0 Å². The summed E-state index contributed by atoms with van der Waals surface area (Å²) in [4.78, 5) is 12.1. The van der Waals surface area contributed by atoms with Crippen molar-refractivity contribution in [3.8, 4) is 0 Å². The maximum absolute atomic E-state index is 12.1. The zero-order chi connectivity index (χ0) is 16.5. The number of carbonyl (C=O) groups excluding carboxylic acids is 1. The first kappa shape index (κ1) is 25.5. The molecule has 0 spiro atoms. The average molecular weight is 431 g/mol. The van der Waals surface area contributed by atoms with E-state index in [9.17, 15) is 4.79 Å². The molecule has 0 N–H and O–H groups in total. The molecular weight excluding hydrogens is 391 g/mol. The summed E-state index contributed by atoms with van der Waals surface area (Å²) in [6.45, 7) is 7.18. The van der Waals surface area contributed by atoms with Crippen LogP contribution in [0.3, 0.4) is 0 Å². The second kappa shape index (κ2) is 20.3. The number of rotatable bonds is 16. The molecule has 0 radical (unpaired) electrons. The minimum atomic E-state index is 0. The molecular formula is C20H40O2Sn+4. The first-order valence-electron chi connectivity index (χ1n) is 9.92.